The fourth-order valence-electron chi connectivity index (χ4n) is 1.73. The first-order valence-electron chi connectivity index (χ1n) is 8.45. The Morgan fingerprint density at radius 2 is 1.13 bits per heavy atom. The SMILES string of the molecule is CC(=O)[O-].CCCCCCCO[P+](=O)OCCCCCCC.[Hg]. The molecule has 0 aromatic rings. The molecule has 0 bridgehead atoms. The second-order valence-electron chi connectivity index (χ2n) is 5.21. The number of aliphatic carboxylic acids is 1. The van der Waals surface area contributed by atoms with Crippen LogP contribution in [0.25, 0.3) is 0 Å². The molecule has 7 heteroatoms. The molecule has 0 heterocycles. The fourth-order valence-corrected chi connectivity index (χ4v) is 2.36. The first-order chi connectivity index (χ1) is 10.5. The molecule has 0 spiro atoms. The second-order valence-corrected chi connectivity index (χ2v) is 6.17. The molecule has 0 aliphatic carbocycles. The topological polar surface area (TPSA) is 75.7 Å². The first kappa shape index (κ1) is 28.2. The van der Waals surface area contributed by atoms with Gasteiger partial charge in [-0.3, -0.25) is 0 Å². The van der Waals surface area contributed by atoms with Crippen LogP contribution in [-0.2, 0) is 46.1 Å². The van der Waals surface area contributed by atoms with Crippen molar-refractivity contribution in [3.8, 4) is 0 Å². The Bertz CT molecular complexity index is 243. The molecule has 0 aromatic carbocycles. The maximum atomic E-state index is 11.3. The normalized spacial score (nSPS) is 9.52. The average Bonchev–Trinajstić information content (AvgIpc) is 2.46. The molecule has 0 N–H and O–H groups in total. The molecule has 0 atom stereocenters. The summed E-state index contributed by atoms with van der Waals surface area (Å²) in [6.07, 6.45) is 11.8. The van der Waals surface area contributed by atoms with E-state index in [0.717, 1.165) is 32.6 Å². The molecule has 134 valence electrons. The van der Waals surface area contributed by atoms with Gasteiger partial charge < -0.3 is 9.90 Å². The van der Waals surface area contributed by atoms with E-state index in [1.54, 1.807) is 0 Å². The molecule has 0 rings (SSSR count). The van der Waals surface area contributed by atoms with Crippen molar-refractivity contribution in [2.24, 2.45) is 0 Å². The van der Waals surface area contributed by atoms with Gasteiger partial charge in [-0.25, -0.2) is 0 Å². The molecule has 5 nitrogen and oxygen atoms in total. The summed E-state index contributed by atoms with van der Waals surface area (Å²) in [5.41, 5.74) is 0. The number of hydrogen-bond acceptors (Lipinski definition) is 5. The van der Waals surface area contributed by atoms with Crippen LogP contribution in [0.5, 0.6) is 0 Å². The Kier molecular flexibility index (Phi) is 30.3. The fraction of sp³-hybridized carbons (Fsp3) is 0.938. The molecule has 0 aliphatic heterocycles. The predicted octanol–water partition coefficient (Wildman–Crippen LogP) is 4.37. The van der Waals surface area contributed by atoms with Gasteiger partial charge in [-0.1, -0.05) is 65.2 Å². The van der Waals surface area contributed by atoms with Crippen molar-refractivity contribution in [1.29, 1.82) is 0 Å². The van der Waals surface area contributed by atoms with E-state index >= 15 is 0 Å². The summed E-state index contributed by atoms with van der Waals surface area (Å²) in [5, 5.41) is 8.89. The van der Waals surface area contributed by atoms with E-state index in [4.69, 9.17) is 18.9 Å². The van der Waals surface area contributed by atoms with Crippen LogP contribution in [-0.4, -0.2) is 19.2 Å². The Labute approximate surface area is 163 Å². The van der Waals surface area contributed by atoms with Crippen LogP contribution in [0.2, 0.25) is 0 Å². The van der Waals surface area contributed by atoms with Crippen molar-refractivity contribution in [3.63, 3.8) is 0 Å². The third-order valence-electron chi connectivity index (χ3n) is 2.89. The van der Waals surface area contributed by atoms with Crippen LogP contribution in [0.3, 0.4) is 0 Å². The zero-order chi connectivity index (χ0) is 17.1. The van der Waals surface area contributed by atoms with E-state index in [1.165, 1.54) is 38.5 Å². The van der Waals surface area contributed by atoms with E-state index < -0.39 is 14.2 Å². The van der Waals surface area contributed by atoms with E-state index in [1.807, 2.05) is 0 Å². The predicted molar refractivity (Wildman–Crippen MR) is 87.7 cm³/mol. The van der Waals surface area contributed by atoms with Crippen LogP contribution >= 0.6 is 8.25 Å². The Balaban J connectivity index is -0.000000712. The first-order valence-corrected chi connectivity index (χ1v) is 9.54. The summed E-state index contributed by atoms with van der Waals surface area (Å²) < 4.78 is 21.6. The Hall–Kier alpha value is 0.425. The quantitative estimate of drug-likeness (QED) is 0.187. The van der Waals surface area contributed by atoms with E-state index in [-0.39, 0.29) is 27.7 Å². The van der Waals surface area contributed by atoms with Crippen LogP contribution in [0.4, 0.5) is 0 Å². The molecular formula is C16H33HgO5P. The van der Waals surface area contributed by atoms with Crippen molar-refractivity contribution >= 4 is 14.2 Å². The molecule has 0 saturated heterocycles. The van der Waals surface area contributed by atoms with Gasteiger partial charge in [0.2, 0.25) is 0 Å². The van der Waals surface area contributed by atoms with Gasteiger partial charge in [0.1, 0.15) is 13.2 Å². The van der Waals surface area contributed by atoms with Gasteiger partial charge in [0.05, 0.1) is 0 Å². The monoisotopic (exact) mass is 538 g/mol. The third-order valence-corrected chi connectivity index (χ3v) is 3.68. The van der Waals surface area contributed by atoms with Crippen LogP contribution in [0.1, 0.15) is 85.0 Å². The van der Waals surface area contributed by atoms with Gasteiger partial charge in [-0.2, -0.15) is 0 Å². The van der Waals surface area contributed by atoms with Crippen molar-refractivity contribution in [1.82, 2.24) is 0 Å². The molecule has 0 aromatic heterocycles. The van der Waals surface area contributed by atoms with Gasteiger partial charge in [0.15, 0.2) is 0 Å². The van der Waals surface area contributed by atoms with Gasteiger partial charge in [-0.05, 0) is 19.8 Å². The minimum Gasteiger partial charge on any atom is -0.550 e. The third kappa shape index (κ3) is 34.7. The average molecular weight is 537 g/mol. The Morgan fingerprint density at radius 3 is 1.43 bits per heavy atom. The van der Waals surface area contributed by atoms with Gasteiger partial charge in [0.25, 0.3) is 0 Å². The number of carboxylic acid groups (broad SMARTS) is 1. The van der Waals surface area contributed by atoms with Crippen molar-refractivity contribution < 1.29 is 51.2 Å². The molecule has 23 heavy (non-hydrogen) atoms. The van der Waals surface area contributed by atoms with Crippen LogP contribution in [0.15, 0.2) is 0 Å². The molecule has 0 unspecified atom stereocenters. The molecule has 0 fully saturated rings. The van der Waals surface area contributed by atoms with Crippen molar-refractivity contribution in [2.75, 3.05) is 13.2 Å². The van der Waals surface area contributed by atoms with Gasteiger partial charge >= 0.3 is 8.25 Å². The van der Waals surface area contributed by atoms with E-state index in [9.17, 15) is 4.57 Å². The van der Waals surface area contributed by atoms with Crippen LogP contribution < -0.4 is 5.11 Å². The number of carbonyl (C=O) groups excluding carboxylic acids is 1. The minimum absolute atomic E-state index is 0. The van der Waals surface area contributed by atoms with Crippen molar-refractivity contribution in [3.05, 3.63) is 0 Å². The zero-order valence-corrected chi connectivity index (χ0v) is 21.6. The maximum absolute atomic E-state index is 11.3. The number of rotatable bonds is 14. The second kappa shape index (κ2) is 24.7. The smallest absolute Gasteiger partial charge is 0.550 e. The standard InChI is InChI=1S/C14H30O3P.C2H4O2.Hg/c1-3-5-7-9-11-13-16-18(15)17-14-12-10-8-6-4-2;1-2(3)4;/h3-14H2,1-2H3;1H3,(H,3,4);/q+1;;/p-1. The summed E-state index contributed by atoms with van der Waals surface area (Å²) in [5.74, 6) is -1.08. The molecule has 0 aliphatic rings. The summed E-state index contributed by atoms with van der Waals surface area (Å²) in [6, 6.07) is 0. The largest absolute Gasteiger partial charge is 0.697 e. The summed E-state index contributed by atoms with van der Waals surface area (Å²) >= 11 is 0. The Morgan fingerprint density at radius 1 is 0.826 bits per heavy atom. The van der Waals surface area contributed by atoms with Crippen molar-refractivity contribution in [2.45, 2.75) is 85.0 Å². The minimum atomic E-state index is -1.88. The van der Waals surface area contributed by atoms with Gasteiger partial charge in [-0.15, -0.1) is 9.05 Å². The molecular weight excluding hydrogens is 504 g/mol. The molecule has 0 amide bonds. The molecule has 0 radical (unpaired) electrons. The molecule has 0 saturated carbocycles. The number of unbranched alkanes of at least 4 members (excludes halogenated alkanes) is 8. The van der Waals surface area contributed by atoms with Gasteiger partial charge in [0, 0.05) is 38.2 Å². The number of hydrogen-bond donors (Lipinski definition) is 0. The summed E-state index contributed by atoms with van der Waals surface area (Å²) in [4.78, 5) is 8.89. The summed E-state index contributed by atoms with van der Waals surface area (Å²) in [7, 11) is -1.88. The van der Waals surface area contributed by atoms with E-state index in [0.29, 0.717) is 13.2 Å². The summed E-state index contributed by atoms with van der Waals surface area (Å²) in [6.45, 7) is 6.49. The number of carboxylic acids is 1. The maximum Gasteiger partial charge on any atom is 0.697 e. The number of carbonyl (C=O) groups is 1. The van der Waals surface area contributed by atoms with Crippen LogP contribution in [0, 0.1) is 0 Å². The van der Waals surface area contributed by atoms with E-state index in [2.05, 4.69) is 13.8 Å². The zero-order valence-electron chi connectivity index (χ0n) is 15.2.